The van der Waals surface area contributed by atoms with Crippen molar-refractivity contribution in [3.63, 3.8) is 0 Å². The quantitative estimate of drug-likeness (QED) is 0.645. The fourth-order valence-electron chi connectivity index (χ4n) is 2.68. The summed E-state index contributed by atoms with van der Waals surface area (Å²) in [7, 11) is 0. The third kappa shape index (κ3) is 2.54. The molecule has 0 aliphatic rings. The molecule has 0 bridgehead atoms. The molecular formula is C17H18ClN3. The summed E-state index contributed by atoms with van der Waals surface area (Å²) >= 11 is 6.34. The van der Waals surface area contributed by atoms with Crippen LogP contribution >= 0.6 is 11.6 Å². The van der Waals surface area contributed by atoms with Gasteiger partial charge in [-0.2, -0.15) is 0 Å². The largest absolute Gasteiger partial charge is 0.279 e. The molecule has 2 heterocycles. The monoisotopic (exact) mass is 299 g/mol. The van der Waals surface area contributed by atoms with Crippen molar-refractivity contribution >= 4 is 22.8 Å². The van der Waals surface area contributed by atoms with E-state index < -0.39 is 0 Å². The summed E-state index contributed by atoms with van der Waals surface area (Å²) in [5, 5.41) is -0.180. The van der Waals surface area contributed by atoms with Gasteiger partial charge in [0.15, 0.2) is 5.65 Å². The van der Waals surface area contributed by atoms with Gasteiger partial charge in [0.1, 0.15) is 11.3 Å². The predicted octanol–water partition coefficient (Wildman–Crippen LogP) is 4.65. The molecule has 0 spiro atoms. The number of hydrogen-bond donors (Lipinski definition) is 0. The van der Waals surface area contributed by atoms with Crippen molar-refractivity contribution < 1.29 is 0 Å². The first-order chi connectivity index (χ1) is 9.95. The summed E-state index contributed by atoms with van der Waals surface area (Å²) < 4.78 is 2.06. The van der Waals surface area contributed by atoms with Crippen LogP contribution in [0.3, 0.4) is 0 Å². The summed E-state index contributed by atoms with van der Waals surface area (Å²) in [5.74, 6) is 0.828. The molecule has 21 heavy (non-hydrogen) atoms. The third-order valence-corrected chi connectivity index (χ3v) is 3.68. The zero-order chi connectivity index (χ0) is 15.1. The number of aromatic nitrogens is 3. The van der Waals surface area contributed by atoms with Gasteiger partial charge in [-0.05, 0) is 62.6 Å². The van der Waals surface area contributed by atoms with Crippen LogP contribution in [-0.4, -0.2) is 14.5 Å². The Hall–Kier alpha value is -1.87. The lowest BCUT2D eigenvalue weighted by Gasteiger charge is -2.12. The Kier molecular flexibility index (Phi) is 3.46. The van der Waals surface area contributed by atoms with Crippen LogP contribution in [0.15, 0.2) is 30.5 Å². The van der Waals surface area contributed by atoms with E-state index in [4.69, 9.17) is 11.6 Å². The lowest BCUT2D eigenvalue weighted by atomic mass is 10.1. The van der Waals surface area contributed by atoms with E-state index in [0.717, 1.165) is 28.2 Å². The third-order valence-electron chi connectivity index (χ3n) is 3.48. The second-order valence-electron chi connectivity index (χ2n) is 5.62. The Morgan fingerprint density at radius 2 is 1.67 bits per heavy atom. The van der Waals surface area contributed by atoms with Crippen LogP contribution < -0.4 is 0 Å². The molecule has 3 rings (SSSR count). The Morgan fingerprint density at radius 1 is 1.00 bits per heavy atom. The first-order valence-electron chi connectivity index (χ1n) is 7.03. The molecular weight excluding hydrogens is 282 g/mol. The number of fused-ring (bicyclic) bond motifs is 1. The number of alkyl halides is 1. The molecule has 0 N–H and O–H groups in total. The zero-order valence-electron chi connectivity index (χ0n) is 12.7. The number of imidazole rings is 1. The first kappa shape index (κ1) is 14.1. The molecule has 0 aliphatic carbocycles. The first-order valence-corrected chi connectivity index (χ1v) is 7.47. The van der Waals surface area contributed by atoms with Crippen molar-refractivity contribution in [2.75, 3.05) is 0 Å². The van der Waals surface area contributed by atoms with E-state index in [9.17, 15) is 0 Å². The number of halogens is 1. The van der Waals surface area contributed by atoms with E-state index in [2.05, 4.69) is 46.6 Å². The van der Waals surface area contributed by atoms with Gasteiger partial charge in [0.05, 0.1) is 5.38 Å². The standard InChI is InChI=1S/C17H18ClN3/c1-10-5-11(2)7-14(6-10)21-16(13(4)18)20-15-8-12(3)9-19-17(15)21/h5-9,13H,1-4H3. The molecule has 1 aromatic carbocycles. The molecule has 0 saturated heterocycles. The Labute approximate surface area is 129 Å². The van der Waals surface area contributed by atoms with Crippen molar-refractivity contribution in [1.82, 2.24) is 14.5 Å². The van der Waals surface area contributed by atoms with Gasteiger partial charge in [0, 0.05) is 11.9 Å². The number of rotatable bonds is 2. The highest BCUT2D eigenvalue weighted by atomic mass is 35.5. The highest BCUT2D eigenvalue weighted by Crippen LogP contribution is 2.28. The summed E-state index contributed by atoms with van der Waals surface area (Å²) in [4.78, 5) is 9.24. The van der Waals surface area contributed by atoms with E-state index in [1.54, 1.807) is 0 Å². The predicted molar refractivity (Wildman–Crippen MR) is 87.3 cm³/mol. The number of aryl methyl sites for hydroxylation is 3. The van der Waals surface area contributed by atoms with Crippen LogP contribution in [0.1, 0.15) is 34.8 Å². The normalized spacial score (nSPS) is 12.8. The molecule has 3 aromatic rings. The second-order valence-corrected chi connectivity index (χ2v) is 6.28. The second kappa shape index (κ2) is 5.15. The van der Waals surface area contributed by atoms with Gasteiger partial charge in [0.25, 0.3) is 0 Å². The lowest BCUT2D eigenvalue weighted by molar-refractivity contribution is 0.875. The summed E-state index contributed by atoms with van der Waals surface area (Å²) in [6.45, 7) is 8.15. The van der Waals surface area contributed by atoms with Crippen molar-refractivity contribution in [3.8, 4) is 5.69 Å². The number of benzene rings is 1. The van der Waals surface area contributed by atoms with Gasteiger partial charge in [-0.15, -0.1) is 11.6 Å². The van der Waals surface area contributed by atoms with Crippen LogP contribution in [0.25, 0.3) is 16.9 Å². The Bertz CT molecular complexity index is 798. The van der Waals surface area contributed by atoms with Gasteiger partial charge in [0.2, 0.25) is 0 Å². The summed E-state index contributed by atoms with van der Waals surface area (Å²) in [5.41, 5.74) is 6.33. The smallest absolute Gasteiger partial charge is 0.164 e. The minimum Gasteiger partial charge on any atom is -0.279 e. The van der Waals surface area contributed by atoms with Crippen LogP contribution in [0, 0.1) is 20.8 Å². The molecule has 0 fully saturated rings. The average Bonchev–Trinajstić information content (AvgIpc) is 2.76. The van der Waals surface area contributed by atoms with Crippen LogP contribution in [0.5, 0.6) is 0 Å². The van der Waals surface area contributed by atoms with Crippen molar-refractivity contribution in [2.45, 2.75) is 33.1 Å². The average molecular weight is 300 g/mol. The molecule has 1 unspecified atom stereocenters. The maximum absolute atomic E-state index is 6.34. The Morgan fingerprint density at radius 3 is 2.29 bits per heavy atom. The molecule has 0 radical (unpaired) electrons. The van der Waals surface area contributed by atoms with E-state index >= 15 is 0 Å². The minimum atomic E-state index is -0.180. The maximum Gasteiger partial charge on any atom is 0.164 e. The highest BCUT2D eigenvalue weighted by molar-refractivity contribution is 6.20. The molecule has 0 amide bonds. The minimum absolute atomic E-state index is 0.180. The number of nitrogens with zero attached hydrogens (tertiary/aromatic N) is 3. The summed E-state index contributed by atoms with van der Waals surface area (Å²) in [6, 6.07) is 8.48. The van der Waals surface area contributed by atoms with Crippen molar-refractivity contribution in [3.05, 3.63) is 53.0 Å². The lowest BCUT2D eigenvalue weighted by Crippen LogP contribution is -2.03. The van der Waals surface area contributed by atoms with Gasteiger partial charge >= 0.3 is 0 Å². The van der Waals surface area contributed by atoms with Gasteiger partial charge in [-0.3, -0.25) is 4.57 Å². The molecule has 0 saturated carbocycles. The zero-order valence-corrected chi connectivity index (χ0v) is 13.4. The van der Waals surface area contributed by atoms with E-state index in [1.165, 1.54) is 11.1 Å². The van der Waals surface area contributed by atoms with Crippen LogP contribution in [-0.2, 0) is 0 Å². The van der Waals surface area contributed by atoms with Crippen molar-refractivity contribution in [1.29, 1.82) is 0 Å². The van der Waals surface area contributed by atoms with E-state index in [0.29, 0.717) is 0 Å². The van der Waals surface area contributed by atoms with Gasteiger partial charge in [-0.1, -0.05) is 6.07 Å². The van der Waals surface area contributed by atoms with Crippen LogP contribution in [0.4, 0.5) is 0 Å². The fraction of sp³-hybridized carbons (Fsp3) is 0.294. The summed E-state index contributed by atoms with van der Waals surface area (Å²) in [6.07, 6.45) is 1.87. The van der Waals surface area contributed by atoms with E-state index in [-0.39, 0.29) is 5.38 Å². The number of pyridine rings is 1. The molecule has 4 heteroatoms. The topological polar surface area (TPSA) is 30.7 Å². The van der Waals surface area contributed by atoms with Gasteiger partial charge < -0.3 is 0 Å². The van der Waals surface area contributed by atoms with Gasteiger partial charge in [-0.25, -0.2) is 9.97 Å². The molecule has 3 nitrogen and oxygen atoms in total. The molecule has 0 aliphatic heterocycles. The van der Waals surface area contributed by atoms with E-state index in [1.807, 2.05) is 26.1 Å². The fourth-order valence-corrected chi connectivity index (χ4v) is 2.83. The van der Waals surface area contributed by atoms with Crippen LogP contribution in [0.2, 0.25) is 0 Å². The molecule has 108 valence electrons. The Balaban J connectivity index is 2.36. The molecule has 1 atom stereocenters. The SMILES string of the molecule is Cc1cc(C)cc(-n2c(C(C)Cl)nc3cc(C)cnc32)c1. The van der Waals surface area contributed by atoms with Crippen molar-refractivity contribution in [2.24, 2.45) is 0 Å². The maximum atomic E-state index is 6.34. The highest BCUT2D eigenvalue weighted by Gasteiger charge is 2.17. The number of hydrogen-bond acceptors (Lipinski definition) is 2. The molecule has 2 aromatic heterocycles.